The van der Waals surface area contributed by atoms with Gasteiger partial charge >= 0.3 is 0 Å². The van der Waals surface area contributed by atoms with Crippen molar-refractivity contribution in [3.63, 3.8) is 0 Å². The summed E-state index contributed by atoms with van der Waals surface area (Å²) in [5.41, 5.74) is 3.70. The fourth-order valence-electron chi connectivity index (χ4n) is 3.44. The second-order valence-corrected chi connectivity index (χ2v) is 6.50. The largest absolute Gasteiger partial charge is 0.358 e. The van der Waals surface area contributed by atoms with E-state index in [1.54, 1.807) is 11.1 Å². The number of pyridine rings is 1. The van der Waals surface area contributed by atoms with Gasteiger partial charge in [-0.25, -0.2) is 4.98 Å². The molecule has 3 aromatic heterocycles. The molecule has 4 rings (SSSR count). The summed E-state index contributed by atoms with van der Waals surface area (Å²) in [5.74, 6) is -0.989. The van der Waals surface area contributed by atoms with E-state index in [0.29, 0.717) is 24.3 Å². The van der Waals surface area contributed by atoms with Crippen LogP contribution in [0.25, 0.3) is 16.6 Å². The van der Waals surface area contributed by atoms with Crippen molar-refractivity contribution in [1.82, 2.24) is 19.3 Å². The van der Waals surface area contributed by atoms with Gasteiger partial charge in [0.15, 0.2) is 0 Å². The van der Waals surface area contributed by atoms with E-state index < -0.39 is 11.7 Å². The van der Waals surface area contributed by atoms with E-state index in [1.807, 2.05) is 66.9 Å². The molecule has 0 saturated heterocycles. The van der Waals surface area contributed by atoms with Gasteiger partial charge < -0.3 is 14.3 Å². The highest BCUT2D eigenvalue weighted by molar-refractivity contribution is 6.45. The highest BCUT2D eigenvalue weighted by atomic mass is 16.2. The molecule has 0 saturated carbocycles. The molecule has 0 aliphatic heterocycles. The molecule has 0 aliphatic rings. The van der Waals surface area contributed by atoms with Gasteiger partial charge in [-0.15, -0.1) is 0 Å². The van der Waals surface area contributed by atoms with Crippen LogP contribution in [0.5, 0.6) is 0 Å². The second-order valence-electron chi connectivity index (χ2n) is 6.50. The Morgan fingerprint density at radius 2 is 1.93 bits per heavy atom. The van der Waals surface area contributed by atoms with E-state index in [1.165, 1.54) is 0 Å². The lowest BCUT2D eigenvalue weighted by Gasteiger charge is -2.20. The lowest BCUT2D eigenvalue weighted by molar-refractivity contribution is -0.126. The number of hydrogen-bond acceptors (Lipinski definition) is 3. The number of nitrogens with zero attached hydrogens (tertiary/aromatic N) is 3. The predicted molar refractivity (Wildman–Crippen MR) is 104 cm³/mol. The number of benzene rings is 1. The molecule has 1 amide bonds. The maximum atomic E-state index is 13.0. The van der Waals surface area contributed by atoms with Gasteiger partial charge in [0.2, 0.25) is 0 Å². The molecule has 0 aliphatic carbocycles. The molecular weight excluding hydrogens is 340 g/mol. The number of aromatic nitrogens is 3. The van der Waals surface area contributed by atoms with Crippen LogP contribution >= 0.6 is 0 Å². The Morgan fingerprint density at radius 3 is 2.74 bits per heavy atom. The Kier molecular flexibility index (Phi) is 4.24. The molecule has 0 spiro atoms. The summed E-state index contributed by atoms with van der Waals surface area (Å²) in [5, 5.41) is 0.777. The maximum Gasteiger partial charge on any atom is 0.295 e. The quantitative estimate of drug-likeness (QED) is 0.438. The first-order chi connectivity index (χ1) is 13.1. The zero-order chi connectivity index (χ0) is 19.0. The van der Waals surface area contributed by atoms with Crippen molar-refractivity contribution in [3.8, 4) is 0 Å². The molecule has 1 aromatic carbocycles. The molecule has 0 bridgehead atoms. The van der Waals surface area contributed by atoms with Crippen LogP contribution in [-0.2, 0) is 11.3 Å². The average Bonchev–Trinajstić information content (AvgIpc) is 3.25. The molecule has 6 heteroatoms. The standard InChI is InChI=1S/C21H20N4O2/c1-3-24(13-15-12-22-18-10-6-7-11-25(15)18)21(27)20(26)19-14(2)23-17-9-5-4-8-16(17)19/h4-12,23H,3,13H2,1-2H3. The van der Waals surface area contributed by atoms with Gasteiger partial charge in [-0.3, -0.25) is 9.59 Å². The molecule has 0 unspecified atom stereocenters. The number of aromatic amines is 1. The van der Waals surface area contributed by atoms with Crippen LogP contribution in [0, 0.1) is 6.92 Å². The van der Waals surface area contributed by atoms with E-state index in [4.69, 9.17) is 0 Å². The fourth-order valence-corrected chi connectivity index (χ4v) is 3.44. The first-order valence-electron chi connectivity index (χ1n) is 8.92. The number of rotatable bonds is 5. The van der Waals surface area contributed by atoms with Crippen molar-refractivity contribution in [1.29, 1.82) is 0 Å². The van der Waals surface area contributed by atoms with Gasteiger partial charge in [-0.1, -0.05) is 24.3 Å². The van der Waals surface area contributed by atoms with Gasteiger partial charge in [0, 0.05) is 29.3 Å². The number of carbonyl (C=O) groups is 2. The Bertz CT molecular complexity index is 1160. The number of carbonyl (C=O) groups excluding carboxylic acids is 2. The van der Waals surface area contributed by atoms with E-state index in [0.717, 1.165) is 22.2 Å². The number of fused-ring (bicyclic) bond motifs is 2. The molecule has 3 heterocycles. The summed E-state index contributed by atoms with van der Waals surface area (Å²) in [6, 6.07) is 13.3. The summed E-state index contributed by atoms with van der Waals surface area (Å²) in [7, 11) is 0. The number of H-pyrrole nitrogens is 1. The number of amides is 1. The second kappa shape index (κ2) is 6.72. The van der Waals surface area contributed by atoms with E-state index in [-0.39, 0.29) is 0 Å². The Labute approximate surface area is 156 Å². The van der Waals surface area contributed by atoms with Crippen LogP contribution in [0.3, 0.4) is 0 Å². The number of ketones is 1. The minimum absolute atomic E-state index is 0.327. The van der Waals surface area contributed by atoms with Gasteiger partial charge in [-0.2, -0.15) is 0 Å². The number of likely N-dealkylation sites (N-methyl/N-ethyl adjacent to an activating group) is 1. The minimum atomic E-state index is -0.503. The summed E-state index contributed by atoms with van der Waals surface area (Å²) in [6.07, 6.45) is 3.65. The Morgan fingerprint density at radius 1 is 1.15 bits per heavy atom. The summed E-state index contributed by atoms with van der Waals surface area (Å²) < 4.78 is 1.93. The van der Waals surface area contributed by atoms with Crippen LogP contribution in [0.4, 0.5) is 0 Å². The summed E-state index contributed by atoms with van der Waals surface area (Å²) in [4.78, 5) is 35.1. The molecule has 27 heavy (non-hydrogen) atoms. The third kappa shape index (κ3) is 2.89. The SMILES string of the molecule is CCN(Cc1cnc2ccccn12)C(=O)C(=O)c1c(C)[nH]c2ccccc12. The van der Waals surface area contributed by atoms with Crippen molar-refractivity contribution >= 4 is 28.2 Å². The zero-order valence-electron chi connectivity index (χ0n) is 15.3. The predicted octanol–water partition coefficient (Wildman–Crippen LogP) is 3.36. The smallest absolute Gasteiger partial charge is 0.295 e. The van der Waals surface area contributed by atoms with E-state index in [9.17, 15) is 9.59 Å². The molecule has 0 radical (unpaired) electrons. The van der Waals surface area contributed by atoms with Crippen molar-refractivity contribution in [3.05, 3.63) is 71.8 Å². The monoisotopic (exact) mass is 360 g/mol. The first-order valence-corrected chi connectivity index (χ1v) is 8.92. The summed E-state index contributed by atoms with van der Waals surface area (Å²) >= 11 is 0. The van der Waals surface area contributed by atoms with Crippen molar-refractivity contribution in [2.45, 2.75) is 20.4 Å². The van der Waals surface area contributed by atoms with Crippen LogP contribution in [0.1, 0.15) is 28.7 Å². The number of imidazole rings is 1. The number of para-hydroxylation sites is 1. The van der Waals surface area contributed by atoms with Crippen molar-refractivity contribution in [2.24, 2.45) is 0 Å². The van der Waals surface area contributed by atoms with Gasteiger partial charge in [0.25, 0.3) is 11.7 Å². The number of nitrogens with one attached hydrogen (secondary N) is 1. The Hall–Kier alpha value is -3.41. The van der Waals surface area contributed by atoms with Gasteiger partial charge in [-0.05, 0) is 32.0 Å². The zero-order valence-corrected chi connectivity index (χ0v) is 15.3. The number of aryl methyl sites for hydroxylation is 1. The number of Topliss-reactive ketones (excluding diaryl/α,β-unsaturated/α-hetero) is 1. The van der Waals surface area contributed by atoms with Crippen LogP contribution in [0.15, 0.2) is 54.9 Å². The highest BCUT2D eigenvalue weighted by Crippen LogP contribution is 2.23. The topological polar surface area (TPSA) is 70.5 Å². The van der Waals surface area contributed by atoms with Crippen LogP contribution in [0.2, 0.25) is 0 Å². The first kappa shape index (κ1) is 17.0. The molecule has 0 atom stereocenters. The summed E-state index contributed by atoms with van der Waals surface area (Å²) in [6.45, 7) is 4.46. The minimum Gasteiger partial charge on any atom is -0.358 e. The fraction of sp³-hybridized carbons (Fsp3) is 0.190. The van der Waals surface area contributed by atoms with Crippen molar-refractivity contribution in [2.75, 3.05) is 6.54 Å². The molecular formula is C21H20N4O2. The normalized spacial score (nSPS) is 11.2. The van der Waals surface area contributed by atoms with Crippen molar-refractivity contribution < 1.29 is 9.59 Å². The third-order valence-electron chi connectivity index (χ3n) is 4.83. The molecule has 6 nitrogen and oxygen atoms in total. The molecule has 1 N–H and O–H groups in total. The van der Waals surface area contributed by atoms with Crippen LogP contribution < -0.4 is 0 Å². The Balaban J connectivity index is 1.65. The van der Waals surface area contributed by atoms with E-state index >= 15 is 0 Å². The lowest BCUT2D eigenvalue weighted by Crippen LogP contribution is -2.36. The average molecular weight is 360 g/mol. The third-order valence-corrected chi connectivity index (χ3v) is 4.83. The highest BCUT2D eigenvalue weighted by Gasteiger charge is 2.27. The maximum absolute atomic E-state index is 13.0. The lowest BCUT2D eigenvalue weighted by atomic mass is 10.1. The number of hydrogen-bond donors (Lipinski definition) is 1. The molecule has 0 fully saturated rings. The molecule has 136 valence electrons. The van der Waals surface area contributed by atoms with Gasteiger partial charge in [0.1, 0.15) is 5.65 Å². The van der Waals surface area contributed by atoms with Crippen LogP contribution in [-0.4, -0.2) is 37.5 Å². The molecule has 4 aromatic rings. The van der Waals surface area contributed by atoms with Gasteiger partial charge in [0.05, 0.1) is 24.0 Å². The van der Waals surface area contributed by atoms with E-state index in [2.05, 4.69) is 9.97 Å².